The van der Waals surface area contributed by atoms with E-state index in [9.17, 15) is 4.21 Å². The van der Waals surface area contributed by atoms with Crippen LogP contribution in [0.15, 0.2) is 30.3 Å². The summed E-state index contributed by atoms with van der Waals surface area (Å²) in [5.41, 5.74) is 0.351. The summed E-state index contributed by atoms with van der Waals surface area (Å²) in [4.78, 5) is 4.32. The molecule has 15 heavy (non-hydrogen) atoms. The lowest BCUT2D eigenvalue weighted by Gasteiger charge is -2.20. The van der Waals surface area contributed by atoms with E-state index in [0.717, 1.165) is 5.56 Å². The Morgan fingerprint density at radius 1 is 1.20 bits per heavy atom. The summed E-state index contributed by atoms with van der Waals surface area (Å²) in [6, 6.07) is 9.58. The van der Waals surface area contributed by atoms with Crippen LogP contribution in [-0.2, 0) is 21.3 Å². The van der Waals surface area contributed by atoms with Gasteiger partial charge in [-0.15, -0.1) is 0 Å². The van der Waals surface area contributed by atoms with Gasteiger partial charge in [-0.25, -0.2) is 4.89 Å². The van der Waals surface area contributed by atoms with E-state index in [1.54, 1.807) is 12.5 Å². The van der Waals surface area contributed by atoms with Crippen molar-refractivity contribution in [2.45, 2.75) is 19.4 Å². The molecule has 0 aliphatic carbocycles. The SMILES string of the molecule is CC(C)(OO)c1ccccc1.CS(C)=O. The highest BCUT2D eigenvalue weighted by Gasteiger charge is 2.20. The molecular weight excluding hydrogens is 212 g/mol. The van der Waals surface area contributed by atoms with Crippen LogP contribution in [0.5, 0.6) is 0 Å². The van der Waals surface area contributed by atoms with Crippen LogP contribution in [0, 0.1) is 0 Å². The molecule has 0 spiro atoms. The van der Waals surface area contributed by atoms with E-state index in [1.807, 2.05) is 44.2 Å². The van der Waals surface area contributed by atoms with E-state index in [2.05, 4.69) is 4.89 Å². The van der Waals surface area contributed by atoms with Gasteiger partial charge >= 0.3 is 0 Å². The standard InChI is InChI=1S/C9H12O2.C2H6OS/c1-9(2,11-10)8-6-4-3-5-7-8;1-4(2)3/h3-7,10H,1-2H3;1-2H3. The van der Waals surface area contributed by atoms with Gasteiger partial charge < -0.3 is 0 Å². The van der Waals surface area contributed by atoms with Crippen molar-refractivity contribution in [1.29, 1.82) is 0 Å². The zero-order chi connectivity index (χ0) is 11.9. The van der Waals surface area contributed by atoms with Crippen molar-refractivity contribution in [2.24, 2.45) is 0 Å². The second-order valence-corrected chi connectivity index (χ2v) is 5.19. The summed E-state index contributed by atoms with van der Waals surface area (Å²) in [5.74, 6) is 0. The number of rotatable bonds is 2. The third-order valence-corrected chi connectivity index (χ3v) is 1.70. The lowest BCUT2D eigenvalue weighted by atomic mass is 9.99. The van der Waals surface area contributed by atoms with Gasteiger partial charge in [0.25, 0.3) is 0 Å². The Morgan fingerprint density at radius 2 is 1.60 bits per heavy atom. The molecule has 1 N–H and O–H groups in total. The minimum absolute atomic E-state index is 0.610. The molecule has 1 rings (SSSR count). The fourth-order valence-electron chi connectivity index (χ4n) is 0.892. The first-order valence-corrected chi connectivity index (χ1v) is 6.50. The Kier molecular flexibility index (Phi) is 6.40. The van der Waals surface area contributed by atoms with Crippen molar-refractivity contribution >= 4 is 10.8 Å². The van der Waals surface area contributed by atoms with Crippen LogP contribution in [0.2, 0.25) is 0 Å². The fourth-order valence-corrected chi connectivity index (χ4v) is 0.892. The van der Waals surface area contributed by atoms with Crippen molar-refractivity contribution < 1.29 is 14.4 Å². The van der Waals surface area contributed by atoms with Gasteiger partial charge in [0.1, 0.15) is 5.60 Å². The summed E-state index contributed by atoms with van der Waals surface area (Å²) >= 11 is 0. The maximum atomic E-state index is 9.56. The molecule has 0 saturated carbocycles. The van der Waals surface area contributed by atoms with Crippen LogP contribution in [-0.4, -0.2) is 22.0 Å². The molecule has 0 aliphatic rings. The molecule has 86 valence electrons. The molecule has 0 atom stereocenters. The lowest BCUT2D eigenvalue weighted by Crippen LogP contribution is -2.19. The molecule has 4 heteroatoms. The predicted octanol–water partition coefficient (Wildman–Crippen LogP) is 2.41. The van der Waals surface area contributed by atoms with Crippen LogP contribution < -0.4 is 0 Å². The van der Waals surface area contributed by atoms with Gasteiger partial charge in [0, 0.05) is 23.3 Å². The van der Waals surface area contributed by atoms with E-state index in [4.69, 9.17) is 5.26 Å². The monoisotopic (exact) mass is 230 g/mol. The normalized spacial score (nSPS) is 10.8. The van der Waals surface area contributed by atoms with Gasteiger partial charge in [0.2, 0.25) is 0 Å². The molecule has 1 aromatic carbocycles. The fraction of sp³-hybridized carbons (Fsp3) is 0.455. The highest BCUT2D eigenvalue weighted by Crippen LogP contribution is 2.22. The van der Waals surface area contributed by atoms with E-state index in [0.29, 0.717) is 0 Å². The van der Waals surface area contributed by atoms with Gasteiger partial charge in [0.15, 0.2) is 0 Å². The Hall–Kier alpha value is -0.710. The van der Waals surface area contributed by atoms with Crippen LogP contribution in [0.4, 0.5) is 0 Å². The first-order chi connectivity index (χ1) is 6.90. The van der Waals surface area contributed by atoms with Crippen molar-refractivity contribution in [1.82, 2.24) is 0 Å². The summed E-state index contributed by atoms with van der Waals surface area (Å²) in [5, 5.41) is 8.55. The zero-order valence-corrected chi connectivity index (χ0v) is 10.4. The zero-order valence-electron chi connectivity index (χ0n) is 9.56. The van der Waals surface area contributed by atoms with E-state index >= 15 is 0 Å². The smallest absolute Gasteiger partial charge is 0.123 e. The Bertz CT molecular complexity index is 292. The highest BCUT2D eigenvalue weighted by molar-refractivity contribution is 7.83. The topological polar surface area (TPSA) is 46.5 Å². The van der Waals surface area contributed by atoms with Crippen LogP contribution >= 0.6 is 0 Å². The molecule has 0 saturated heterocycles. The molecule has 0 aromatic heterocycles. The molecule has 1 aromatic rings. The quantitative estimate of drug-likeness (QED) is 0.627. The van der Waals surface area contributed by atoms with Crippen LogP contribution in [0.3, 0.4) is 0 Å². The molecule has 0 unspecified atom stereocenters. The largest absolute Gasteiger partial charge is 0.260 e. The van der Waals surface area contributed by atoms with Gasteiger partial charge in [-0.1, -0.05) is 30.3 Å². The summed E-state index contributed by atoms with van der Waals surface area (Å²) in [6.45, 7) is 3.62. The maximum absolute atomic E-state index is 9.56. The van der Waals surface area contributed by atoms with Crippen molar-refractivity contribution in [3.05, 3.63) is 35.9 Å². The second kappa shape index (κ2) is 6.71. The average molecular weight is 230 g/mol. The van der Waals surface area contributed by atoms with E-state index < -0.39 is 16.4 Å². The molecule has 0 fully saturated rings. The van der Waals surface area contributed by atoms with Gasteiger partial charge in [-0.3, -0.25) is 9.47 Å². The number of benzene rings is 1. The number of hydrogen-bond acceptors (Lipinski definition) is 3. The summed E-state index contributed by atoms with van der Waals surface area (Å²) < 4.78 is 9.56. The Morgan fingerprint density at radius 3 is 1.93 bits per heavy atom. The van der Waals surface area contributed by atoms with Crippen molar-refractivity contribution in [3.8, 4) is 0 Å². The average Bonchev–Trinajstić information content (AvgIpc) is 2.18. The molecule has 0 heterocycles. The summed E-state index contributed by atoms with van der Waals surface area (Å²) in [7, 11) is -0.611. The number of hydrogen-bond donors (Lipinski definition) is 1. The van der Waals surface area contributed by atoms with Crippen molar-refractivity contribution in [2.75, 3.05) is 12.5 Å². The van der Waals surface area contributed by atoms with Crippen molar-refractivity contribution in [3.63, 3.8) is 0 Å². The first-order valence-electron chi connectivity index (χ1n) is 4.53. The van der Waals surface area contributed by atoms with E-state index in [1.165, 1.54) is 0 Å². The Labute approximate surface area is 93.5 Å². The van der Waals surface area contributed by atoms with Gasteiger partial charge in [-0.05, 0) is 19.4 Å². The van der Waals surface area contributed by atoms with Crippen LogP contribution in [0.1, 0.15) is 19.4 Å². The maximum Gasteiger partial charge on any atom is 0.123 e. The molecule has 0 amide bonds. The highest BCUT2D eigenvalue weighted by atomic mass is 32.2. The predicted molar refractivity (Wildman–Crippen MR) is 63.2 cm³/mol. The van der Waals surface area contributed by atoms with Crippen LogP contribution in [0.25, 0.3) is 0 Å². The first kappa shape index (κ1) is 14.3. The Balaban J connectivity index is 0.000000423. The minimum atomic E-state index is -0.611. The molecule has 0 bridgehead atoms. The third-order valence-electron chi connectivity index (χ3n) is 1.70. The van der Waals surface area contributed by atoms with E-state index in [-0.39, 0.29) is 0 Å². The summed E-state index contributed by atoms with van der Waals surface area (Å²) in [6.07, 6.45) is 3.28. The molecular formula is C11H18O3S. The molecule has 0 radical (unpaired) electrons. The van der Waals surface area contributed by atoms with Gasteiger partial charge in [-0.2, -0.15) is 0 Å². The molecule has 3 nitrogen and oxygen atoms in total. The second-order valence-electron chi connectivity index (χ2n) is 3.71. The lowest BCUT2D eigenvalue weighted by molar-refractivity contribution is -0.318. The van der Waals surface area contributed by atoms with Gasteiger partial charge in [0.05, 0.1) is 0 Å². The minimum Gasteiger partial charge on any atom is -0.260 e. The third kappa shape index (κ3) is 6.38. The molecule has 0 aliphatic heterocycles.